The van der Waals surface area contributed by atoms with Crippen molar-refractivity contribution in [2.75, 3.05) is 68.7 Å². The maximum absolute atomic E-state index is 13.4. The van der Waals surface area contributed by atoms with Crippen LogP contribution in [0.2, 0.25) is 5.02 Å². The smallest absolute Gasteiger partial charge is 0.262 e. The number of ether oxygens (including phenoxy) is 1. The van der Waals surface area contributed by atoms with Crippen molar-refractivity contribution in [3.05, 3.63) is 111 Å². The number of fused-ring (bicyclic) bond motifs is 1. The SMILES string of the molecule is CC(C)(c1ccc(OCc2ccnc(N3CCN(CC4CCN(C5CC6(CCN(c7ccc8c(c7)C(=O)N(C7CCC(=O)NC7=O)C8=O)CC6)C5)C4)CC3)n2)cc1)c1cc(Cl)cc(C#N)c1. The molecule has 1 aromatic heterocycles. The molecule has 1 N–H and O–H groups in total. The average Bonchev–Trinajstić information content (AvgIpc) is 3.88. The van der Waals surface area contributed by atoms with Gasteiger partial charge in [-0.25, -0.2) is 9.97 Å². The minimum atomic E-state index is -0.957. The predicted molar refractivity (Wildman–Crippen MR) is 249 cm³/mol. The van der Waals surface area contributed by atoms with E-state index in [1.165, 1.54) is 32.4 Å². The molecule has 14 nitrogen and oxygen atoms in total. The summed E-state index contributed by atoms with van der Waals surface area (Å²) in [6.45, 7) is 13.7. The minimum absolute atomic E-state index is 0.105. The van der Waals surface area contributed by atoms with E-state index in [2.05, 4.69) is 61.9 Å². The number of hydrogen-bond donors (Lipinski definition) is 1. The highest BCUT2D eigenvalue weighted by molar-refractivity contribution is 6.30. The first kappa shape index (κ1) is 44.0. The normalized spacial score (nSPS) is 22.7. The highest BCUT2D eigenvalue weighted by Gasteiger charge is 2.49. The van der Waals surface area contributed by atoms with Crippen molar-refractivity contribution in [3.8, 4) is 11.8 Å². The van der Waals surface area contributed by atoms with E-state index < -0.39 is 23.8 Å². The maximum Gasteiger partial charge on any atom is 0.262 e. The number of carbonyl (C=O) groups excluding carboxylic acids is 4. The van der Waals surface area contributed by atoms with E-state index in [4.69, 9.17) is 21.3 Å². The number of carbonyl (C=O) groups is 4. The zero-order valence-electron chi connectivity index (χ0n) is 37.7. The van der Waals surface area contributed by atoms with E-state index in [0.717, 1.165) is 97.8 Å². The number of rotatable bonds is 11. The summed E-state index contributed by atoms with van der Waals surface area (Å²) in [5.74, 6) is 0.295. The van der Waals surface area contributed by atoms with Crippen molar-refractivity contribution in [1.82, 2.24) is 30.0 Å². The lowest BCUT2D eigenvalue weighted by Gasteiger charge is -2.55. The van der Waals surface area contributed by atoms with E-state index in [-0.39, 0.29) is 24.2 Å². The lowest BCUT2D eigenvalue weighted by atomic mass is 9.60. The number of imide groups is 2. The fourth-order valence-electron chi connectivity index (χ4n) is 11.3. The van der Waals surface area contributed by atoms with Crippen molar-refractivity contribution in [1.29, 1.82) is 5.26 Å². The molecule has 2 atom stereocenters. The number of likely N-dealkylation sites (tertiary alicyclic amines) is 1. The number of halogens is 1. The standard InChI is InChI=1S/C51H56ClN9O5/c1-50(2,36-23-34(29-53)24-37(52)25-36)35-3-6-41(7-4-35)66-32-38-11-15-54-49(55-38)59-21-19-57(20-22-59)30-33-12-16-60(31-33)40-27-51(28-40)13-17-58(18-14-51)39-5-8-42-43(26-39)48(65)61(47(42)64)44-9-10-45(62)56-46(44)63/h3-8,11,15,23-26,33,40,44H,9-10,12-14,16-22,27-28,30-32H2,1-2H3,(H,56,62,63). The molecule has 4 saturated heterocycles. The molecule has 5 fully saturated rings. The highest BCUT2D eigenvalue weighted by Crippen LogP contribution is 2.52. The number of benzene rings is 3. The van der Waals surface area contributed by atoms with Crippen molar-refractivity contribution in [2.24, 2.45) is 11.3 Å². The first-order valence-corrected chi connectivity index (χ1v) is 23.8. The molecule has 66 heavy (non-hydrogen) atoms. The summed E-state index contributed by atoms with van der Waals surface area (Å²) in [6.07, 6.45) is 8.04. The van der Waals surface area contributed by atoms with Crippen LogP contribution >= 0.6 is 11.6 Å². The number of piperidine rings is 2. The van der Waals surface area contributed by atoms with Gasteiger partial charge in [0.1, 0.15) is 18.4 Å². The predicted octanol–water partition coefficient (Wildman–Crippen LogP) is 6.20. The monoisotopic (exact) mass is 909 g/mol. The van der Waals surface area contributed by atoms with Gasteiger partial charge >= 0.3 is 0 Å². The maximum atomic E-state index is 13.4. The van der Waals surface area contributed by atoms with Crippen molar-refractivity contribution < 1.29 is 23.9 Å². The molecule has 342 valence electrons. The van der Waals surface area contributed by atoms with Gasteiger partial charge in [-0.1, -0.05) is 37.6 Å². The Hall–Kier alpha value is -5.88. The largest absolute Gasteiger partial charge is 0.487 e. The molecule has 6 aliphatic rings. The van der Waals surface area contributed by atoms with Crippen LogP contribution in [0.3, 0.4) is 0 Å². The molecule has 3 aromatic carbocycles. The summed E-state index contributed by atoms with van der Waals surface area (Å²) in [5, 5.41) is 12.3. The minimum Gasteiger partial charge on any atom is -0.487 e. The van der Waals surface area contributed by atoms with Crippen LogP contribution in [0.15, 0.2) is 72.9 Å². The Morgan fingerprint density at radius 2 is 1.61 bits per heavy atom. The number of hydrogen-bond acceptors (Lipinski definition) is 12. The van der Waals surface area contributed by atoms with E-state index in [9.17, 15) is 24.4 Å². The van der Waals surface area contributed by atoms with Gasteiger partial charge in [0.25, 0.3) is 11.8 Å². The zero-order chi connectivity index (χ0) is 45.7. The van der Waals surface area contributed by atoms with Gasteiger partial charge in [-0.15, -0.1) is 0 Å². The number of piperazine rings is 1. The number of nitriles is 1. The molecular weight excluding hydrogens is 854 g/mol. The Morgan fingerprint density at radius 1 is 0.848 bits per heavy atom. The van der Waals surface area contributed by atoms with Crippen LogP contribution < -0.4 is 19.9 Å². The number of anilines is 2. The second kappa shape index (κ2) is 17.7. The summed E-state index contributed by atoms with van der Waals surface area (Å²) < 4.78 is 6.16. The lowest BCUT2D eigenvalue weighted by molar-refractivity contribution is -0.136. The van der Waals surface area contributed by atoms with Crippen LogP contribution in [-0.4, -0.2) is 119 Å². The Kier molecular flexibility index (Phi) is 11.8. The van der Waals surface area contributed by atoms with Gasteiger partial charge in [-0.05, 0) is 122 Å². The number of amides is 4. The quantitative estimate of drug-likeness (QED) is 0.171. The molecule has 15 heteroatoms. The van der Waals surface area contributed by atoms with Crippen LogP contribution in [0, 0.1) is 22.7 Å². The molecular formula is C51H56ClN9O5. The van der Waals surface area contributed by atoms with Gasteiger partial charge in [-0.3, -0.25) is 34.3 Å². The van der Waals surface area contributed by atoms with Gasteiger partial charge < -0.3 is 19.4 Å². The molecule has 0 bridgehead atoms. The molecule has 10 rings (SSSR count). The van der Waals surface area contributed by atoms with Crippen LogP contribution in [0.25, 0.3) is 0 Å². The molecule has 1 spiro atoms. The van der Waals surface area contributed by atoms with Crippen molar-refractivity contribution in [3.63, 3.8) is 0 Å². The fourth-order valence-corrected chi connectivity index (χ4v) is 11.5. The van der Waals surface area contributed by atoms with Crippen LogP contribution in [0.4, 0.5) is 11.6 Å². The number of nitrogens with zero attached hydrogens (tertiary/aromatic N) is 8. The van der Waals surface area contributed by atoms with E-state index in [1.54, 1.807) is 12.1 Å². The topological polar surface area (TPSA) is 155 Å². The Labute approximate surface area is 390 Å². The summed E-state index contributed by atoms with van der Waals surface area (Å²) >= 11 is 6.32. The highest BCUT2D eigenvalue weighted by atomic mass is 35.5. The Balaban J connectivity index is 0.649. The van der Waals surface area contributed by atoms with Crippen molar-refractivity contribution in [2.45, 2.75) is 82.9 Å². The van der Waals surface area contributed by atoms with E-state index >= 15 is 0 Å². The van der Waals surface area contributed by atoms with E-state index in [0.29, 0.717) is 45.7 Å². The molecule has 6 heterocycles. The third kappa shape index (κ3) is 8.64. The fraction of sp³-hybridized carbons (Fsp3) is 0.471. The molecule has 4 aromatic rings. The third-order valence-corrected chi connectivity index (χ3v) is 15.6. The Morgan fingerprint density at radius 3 is 2.35 bits per heavy atom. The van der Waals surface area contributed by atoms with Gasteiger partial charge in [-0.2, -0.15) is 5.26 Å². The van der Waals surface area contributed by atoms with Gasteiger partial charge in [0.2, 0.25) is 17.8 Å². The second-order valence-electron chi connectivity index (χ2n) is 19.8. The molecule has 0 radical (unpaired) electrons. The average molecular weight is 911 g/mol. The lowest BCUT2D eigenvalue weighted by Crippen LogP contribution is -2.54. The molecule has 2 unspecified atom stereocenters. The molecule has 1 aliphatic carbocycles. The zero-order valence-corrected chi connectivity index (χ0v) is 38.4. The van der Waals surface area contributed by atoms with Crippen LogP contribution in [0.1, 0.15) is 102 Å². The third-order valence-electron chi connectivity index (χ3n) is 15.4. The number of aromatic nitrogens is 2. The van der Waals surface area contributed by atoms with Crippen LogP contribution in [0.5, 0.6) is 5.75 Å². The number of nitrogens with one attached hydrogen (secondary N) is 1. The first-order valence-electron chi connectivity index (χ1n) is 23.4. The van der Waals surface area contributed by atoms with Crippen LogP contribution in [-0.2, 0) is 21.6 Å². The molecule has 4 amide bonds. The summed E-state index contributed by atoms with van der Waals surface area (Å²) in [7, 11) is 0. The van der Waals surface area contributed by atoms with E-state index in [1.807, 2.05) is 48.7 Å². The second-order valence-corrected chi connectivity index (χ2v) is 20.2. The van der Waals surface area contributed by atoms with Crippen molar-refractivity contribution >= 4 is 46.9 Å². The van der Waals surface area contributed by atoms with Gasteiger partial charge in [0.05, 0.1) is 28.5 Å². The summed E-state index contributed by atoms with van der Waals surface area (Å²) in [6, 6.07) is 22.8. The Bertz CT molecular complexity index is 2590. The summed E-state index contributed by atoms with van der Waals surface area (Å²) in [4.78, 5) is 71.3. The summed E-state index contributed by atoms with van der Waals surface area (Å²) in [5.41, 5.74) is 5.08. The first-order chi connectivity index (χ1) is 31.8. The van der Waals surface area contributed by atoms with Gasteiger partial charge in [0.15, 0.2) is 0 Å². The molecule has 1 saturated carbocycles. The van der Waals surface area contributed by atoms with Gasteiger partial charge in [0, 0.05) is 87.1 Å². The molecule has 5 aliphatic heterocycles.